The lowest BCUT2D eigenvalue weighted by Crippen LogP contribution is -2.38. The molecular weight excluding hydrogens is 216 g/mol. The van der Waals surface area contributed by atoms with Gasteiger partial charge in [-0.2, -0.15) is 0 Å². The maximum atomic E-state index is 12.4. The minimum atomic E-state index is -0.000489. The van der Waals surface area contributed by atoms with Crippen molar-refractivity contribution >= 4 is 11.8 Å². The van der Waals surface area contributed by atoms with E-state index >= 15 is 0 Å². The summed E-state index contributed by atoms with van der Waals surface area (Å²) in [5.74, 6) is 1.78. The molecule has 0 bridgehead atoms. The maximum Gasteiger partial charge on any atom is 0.239 e. The number of carbonyl (C=O) groups is 2. The monoisotopic (exact) mass is 236 g/mol. The zero-order chi connectivity index (χ0) is 11.8. The SMILES string of the molecule is O=C1CN(C(=O)C2C3CCCCC32)CCCN1. The molecule has 1 saturated heterocycles. The summed E-state index contributed by atoms with van der Waals surface area (Å²) in [5.41, 5.74) is 0. The van der Waals surface area contributed by atoms with Gasteiger partial charge in [0.1, 0.15) is 0 Å². The summed E-state index contributed by atoms with van der Waals surface area (Å²) in [6.45, 7) is 1.72. The molecule has 94 valence electrons. The second-order valence-corrected chi connectivity index (χ2v) is 5.60. The van der Waals surface area contributed by atoms with E-state index in [0.717, 1.165) is 13.0 Å². The molecule has 2 unspecified atom stereocenters. The number of nitrogens with zero attached hydrogens (tertiary/aromatic N) is 1. The summed E-state index contributed by atoms with van der Waals surface area (Å²) >= 11 is 0. The molecule has 0 aromatic rings. The average Bonchev–Trinajstić information content (AvgIpc) is 3.08. The second-order valence-electron chi connectivity index (χ2n) is 5.60. The molecule has 1 heterocycles. The molecule has 2 amide bonds. The summed E-state index contributed by atoms with van der Waals surface area (Å²) in [6.07, 6.45) is 5.90. The molecule has 4 heteroatoms. The fourth-order valence-electron chi connectivity index (χ4n) is 3.56. The highest BCUT2D eigenvalue weighted by Crippen LogP contribution is 2.56. The maximum absolute atomic E-state index is 12.4. The fourth-order valence-corrected chi connectivity index (χ4v) is 3.56. The van der Waals surface area contributed by atoms with Gasteiger partial charge in [0.2, 0.25) is 11.8 Å². The smallest absolute Gasteiger partial charge is 0.239 e. The highest BCUT2D eigenvalue weighted by Gasteiger charge is 2.55. The molecule has 2 atom stereocenters. The molecule has 0 radical (unpaired) electrons. The van der Waals surface area contributed by atoms with E-state index in [9.17, 15) is 9.59 Å². The van der Waals surface area contributed by atoms with Crippen LogP contribution in [0.15, 0.2) is 0 Å². The van der Waals surface area contributed by atoms with E-state index in [0.29, 0.717) is 18.4 Å². The van der Waals surface area contributed by atoms with E-state index in [-0.39, 0.29) is 24.3 Å². The van der Waals surface area contributed by atoms with Crippen LogP contribution in [-0.4, -0.2) is 36.3 Å². The van der Waals surface area contributed by atoms with Gasteiger partial charge in [-0.05, 0) is 31.1 Å². The average molecular weight is 236 g/mol. The van der Waals surface area contributed by atoms with Gasteiger partial charge in [0.05, 0.1) is 6.54 Å². The van der Waals surface area contributed by atoms with Crippen LogP contribution in [0.4, 0.5) is 0 Å². The third kappa shape index (κ3) is 2.05. The lowest BCUT2D eigenvalue weighted by Gasteiger charge is -2.19. The Bertz CT molecular complexity index is 330. The quantitative estimate of drug-likeness (QED) is 0.731. The van der Waals surface area contributed by atoms with Crippen LogP contribution < -0.4 is 5.32 Å². The number of carbonyl (C=O) groups excluding carboxylic acids is 2. The van der Waals surface area contributed by atoms with Crippen molar-refractivity contribution in [2.45, 2.75) is 32.1 Å². The van der Waals surface area contributed by atoms with E-state index in [1.165, 1.54) is 25.7 Å². The summed E-state index contributed by atoms with van der Waals surface area (Å²) in [7, 11) is 0. The summed E-state index contributed by atoms with van der Waals surface area (Å²) in [4.78, 5) is 25.6. The molecule has 3 fully saturated rings. The normalized spacial score (nSPS) is 36.8. The van der Waals surface area contributed by atoms with Crippen LogP contribution in [0.25, 0.3) is 0 Å². The van der Waals surface area contributed by atoms with Crippen LogP contribution in [0.1, 0.15) is 32.1 Å². The van der Waals surface area contributed by atoms with Gasteiger partial charge in [0, 0.05) is 19.0 Å². The first-order valence-corrected chi connectivity index (χ1v) is 6.83. The lowest BCUT2D eigenvalue weighted by atomic mass is 10.0. The minimum Gasteiger partial charge on any atom is -0.354 e. The van der Waals surface area contributed by atoms with Crippen molar-refractivity contribution in [2.75, 3.05) is 19.6 Å². The summed E-state index contributed by atoms with van der Waals surface area (Å²) < 4.78 is 0. The summed E-state index contributed by atoms with van der Waals surface area (Å²) in [6, 6.07) is 0. The van der Waals surface area contributed by atoms with E-state index in [2.05, 4.69) is 5.32 Å². The topological polar surface area (TPSA) is 49.4 Å². The second kappa shape index (κ2) is 4.31. The zero-order valence-corrected chi connectivity index (χ0v) is 10.2. The Balaban J connectivity index is 1.63. The van der Waals surface area contributed by atoms with Gasteiger partial charge in [0.15, 0.2) is 0 Å². The predicted octanol–water partition coefficient (Wildman–Crippen LogP) is 0.771. The number of rotatable bonds is 1. The van der Waals surface area contributed by atoms with Gasteiger partial charge in [0.25, 0.3) is 0 Å². The molecule has 0 aromatic heterocycles. The molecule has 1 aliphatic heterocycles. The molecule has 3 aliphatic rings. The van der Waals surface area contributed by atoms with Crippen LogP contribution in [0.3, 0.4) is 0 Å². The van der Waals surface area contributed by atoms with Crippen molar-refractivity contribution in [3.63, 3.8) is 0 Å². The van der Waals surface area contributed by atoms with Gasteiger partial charge in [-0.25, -0.2) is 0 Å². The highest BCUT2D eigenvalue weighted by atomic mass is 16.2. The van der Waals surface area contributed by atoms with Crippen molar-refractivity contribution in [3.8, 4) is 0 Å². The first-order valence-electron chi connectivity index (χ1n) is 6.83. The van der Waals surface area contributed by atoms with Crippen LogP contribution >= 0.6 is 0 Å². The fraction of sp³-hybridized carbons (Fsp3) is 0.846. The van der Waals surface area contributed by atoms with Crippen LogP contribution in [-0.2, 0) is 9.59 Å². The molecule has 0 aromatic carbocycles. The lowest BCUT2D eigenvalue weighted by molar-refractivity contribution is -0.136. The predicted molar refractivity (Wildman–Crippen MR) is 63.1 cm³/mol. The Morgan fingerprint density at radius 3 is 2.59 bits per heavy atom. The van der Waals surface area contributed by atoms with Gasteiger partial charge >= 0.3 is 0 Å². The van der Waals surface area contributed by atoms with Crippen molar-refractivity contribution in [2.24, 2.45) is 17.8 Å². The number of hydrogen-bond acceptors (Lipinski definition) is 2. The van der Waals surface area contributed by atoms with Crippen molar-refractivity contribution in [3.05, 3.63) is 0 Å². The van der Waals surface area contributed by atoms with Gasteiger partial charge in [-0.15, -0.1) is 0 Å². The minimum absolute atomic E-state index is 0.000489. The molecule has 0 spiro atoms. The zero-order valence-electron chi connectivity index (χ0n) is 10.2. The number of nitrogens with one attached hydrogen (secondary N) is 1. The van der Waals surface area contributed by atoms with Crippen LogP contribution in [0.2, 0.25) is 0 Å². The molecule has 2 saturated carbocycles. The van der Waals surface area contributed by atoms with Crippen LogP contribution in [0, 0.1) is 17.8 Å². The van der Waals surface area contributed by atoms with E-state index in [4.69, 9.17) is 0 Å². The standard InChI is InChI=1S/C13H20N2O2/c16-11-8-15(7-3-6-14-11)13(17)12-9-4-1-2-5-10(9)12/h9-10,12H,1-8H2,(H,14,16). The number of hydrogen-bond donors (Lipinski definition) is 1. The van der Waals surface area contributed by atoms with Crippen molar-refractivity contribution in [1.82, 2.24) is 10.2 Å². The largest absolute Gasteiger partial charge is 0.354 e. The molecule has 1 N–H and O–H groups in total. The Kier molecular flexibility index (Phi) is 2.81. The molecular formula is C13H20N2O2. The Hall–Kier alpha value is -1.06. The Labute approximate surface area is 102 Å². The Morgan fingerprint density at radius 2 is 1.88 bits per heavy atom. The van der Waals surface area contributed by atoms with Gasteiger partial charge < -0.3 is 10.2 Å². The molecule has 17 heavy (non-hydrogen) atoms. The van der Waals surface area contributed by atoms with Crippen LogP contribution in [0.5, 0.6) is 0 Å². The van der Waals surface area contributed by atoms with E-state index < -0.39 is 0 Å². The van der Waals surface area contributed by atoms with E-state index in [1.807, 2.05) is 0 Å². The van der Waals surface area contributed by atoms with Gasteiger partial charge in [-0.1, -0.05) is 12.8 Å². The third-order valence-corrected chi connectivity index (χ3v) is 4.51. The third-order valence-electron chi connectivity index (χ3n) is 4.51. The Morgan fingerprint density at radius 1 is 1.18 bits per heavy atom. The summed E-state index contributed by atoms with van der Waals surface area (Å²) in [5, 5.41) is 2.82. The number of fused-ring (bicyclic) bond motifs is 1. The molecule has 3 rings (SSSR count). The van der Waals surface area contributed by atoms with E-state index in [1.54, 1.807) is 4.90 Å². The number of amides is 2. The molecule has 4 nitrogen and oxygen atoms in total. The van der Waals surface area contributed by atoms with Crippen molar-refractivity contribution < 1.29 is 9.59 Å². The first kappa shape index (κ1) is 11.1. The molecule has 2 aliphatic carbocycles. The van der Waals surface area contributed by atoms with Gasteiger partial charge in [-0.3, -0.25) is 9.59 Å². The highest BCUT2D eigenvalue weighted by molar-refractivity contribution is 5.88. The van der Waals surface area contributed by atoms with Crippen molar-refractivity contribution in [1.29, 1.82) is 0 Å². The first-order chi connectivity index (χ1) is 8.27.